The molecule has 0 aromatic rings. The van der Waals surface area contributed by atoms with Crippen LogP contribution in [-0.4, -0.2) is 48.1 Å². The van der Waals surface area contributed by atoms with Gasteiger partial charge in [0.25, 0.3) is 0 Å². The van der Waals surface area contributed by atoms with Crippen molar-refractivity contribution in [2.75, 3.05) is 13.1 Å². The molecule has 2 amide bonds. The van der Waals surface area contributed by atoms with E-state index in [-0.39, 0.29) is 57.5 Å². The summed E-state index contributed by atoms with van der Waals surface area (Å²) < 4.78 is 5.95. The van der Waals surface area contributed by atoms with Gasteiger partial charge in [0.1, 0.15) is 12.6 Å². The summed E-state index contributed by atoms with van der Waals surface area (Å²) in [4.78, 5) is 48.8. The first-order chi connectivity index (χ1) is 23.4. The Labute approximate surface area is 302 Å². The summed E-state index contributed by atoms with van der Waals surface area (Å²) >= 11 is 0. The lowest BCUT2D eigenvalue weighted by Crippen LogP contribution is -2.67. The summed E-state index contributed by atoms with van der Waals surface area (Å²) in [6.07, 6.45) is 15.9. The summed E-state index contributed by atoms with van der Waals surface area (Å²) in [5, 5.41) is 14.5. The Morgan fingerprint density at radius 2 is 1.46 bits per heavy atom. The quantitative estimate of drug-likeness (QED) is 0.101. The molecule has 50 heavy (non-hydrogen) atoms. The molecule has 8 nitrogen and oxygen atoms in total. The third-order valence-electron chi connectivity index (χ3n) is 16.1. The van der Waals surface area contributed by atoms with Gasteiger partial charge in [-0.1, -0.05) is 66.0 Å². The molecule has 0 heterocycles. The van der Waals surface area contributed by atoms with Crippen LogP contribution in [0.2, 0.25) is 0 Å². The number of unbranched alkanes of at least 4 members (excludes halogenated alkanes) is 4. The lowest BCUT2D eigenvalue weighted by Gasteiger charge is -2.72. The molecule has 5 rings (SSSR count). The smallest absolute Gasteiger partial charge is 0.322 e. The molecule has 0 aromatic carbocycles. The van der Waals surface area contributed by atoms with Gasteiger partial charge in [-0.25, -0.2) is 0 Å². The van der Waals surface area contributed by atoms with Gasteiger partial charge in [-0.3, -0.25) is 19.2 Å². The van der Waals surface area contributed by atoms with Gasteiger partial charge in [0.05, 0.1) is 5.41 Å². The molecule has 3 N–H and O–H groups in total. The highest BCUT2D eigenvalue weighted by Crippen LogP contribution is 2.77. The number of carboxylic acids is 1. The fourth-order valence-corrected chi connectivity index (χ4v) is 13.5. The molecule has 10 atom stereocenters. The van der Waals surface area contributed by atoms with Crippen molar-refractivity contribution in [2.45, 2.75) is 157 Å². The van der Waals surface area contributed by atoms with Gasteiger partial charge in [-0.05, 0) is 130 Å². The highest BCUT2D eigenvalue weighted by molar-refractivity contribution is 5.84. The van der Waals surface area contributed by atoms with E-state index >= 15 is 0 Å². The van der Waals surface area contributed by atoms with Crippen molar-refractivity contribution >= 4 is 23.8 Å². The number of rotatable bonds is 13. The summed E-state index contributed by atoms with van der Waals surface area (Å²) in [5.41, 5.74) is 1.47. The zero-order chi connectivity index (χ0) is 36.7. The number of allylic oxidation sites excluding steroid dienone is 1. The molecule has 0 spiro atoms. The maximum absolute atomic E-state index is 14.4. The van der Waals surface area contributed by atoms with Crippen LogP contribution < -0.4 is 10.6 Å². The van der Waals surface area contributed by atoms with Crippen LogP contribution >= 0.6 is 0 Å². The predicted octanol–water partition coefficient (Wildman–Crippen LogP) is 8.23. The van der Waals surface area contributed by atoms with Gasteiger partial charge < -0.3 is 20.5 Å². The summed E-state index contributed by atoms with van der Waals surface area (Å²) in [7, 11) is 0. The molecular formula is C42H68N2O6. The second kappa shape index (κ2) is 14.6. The van der Waals surface area contributed by atoms with Crippen LogP contribution in [0.15, 0.2) is 12.2 Å². The number of hydrogen-bond acceptors (Lipinski definition) is 5. The average Bonchev–Trinajstić information content (AvgIpc) is 3.44. The van der Waals surface area contributed by atoms with Crippen molar-refractivity contribution < 1.29 is 29.0 Å². The monoisotopic (exact) mass is 697 g/mol. The number of hydrogen-bond donors (Lipinski definition) is 3. The molecule has 8 heteroatoms. The molecule has 0 aromatic heterocycles. The molecule has 0 bridgehead atoms. The van der Waals surface area contributed by atoms with Crippen LogP contribution in [0.1, 0.15) is 151 Å². The average molecular weight is 697 g/mol. The van der Waals surface area contributed by atoms with Crippen LogP contribution in [-0.2, 0) is 23.9 Å². The van der Waals surface area contributed by atoms with Gasteiger partial charge in [0.15, 0.2) is 0 Å². The molecule has 1 unspecified atom stereocenters. The van der Waals surface area contributed by atoms with Crippen LogP contribution in [0.5, 0.6) is 0 Å². The molecule has 0 aliphatic heterocycles. The summed E-state index contributed by atoms with van der Waals surface area (Å²) in [5.74, 6) is 1.26. The zero-order valence-electron chi connectivity index (χ0n) is 32.4. The third kappa shape index (κ3) is 6.68. The number of ether oxygens (including phenoxy) is 1. The Hall–Kier alpha value is -2.38. The number of esters is 1. The molecule has 0 radical (unpaired) electrons. The first kappa shape index (κ1) is 38.8. The first-order valence-electron chi connectivity index (χ1n) is 20.0. The maximum Gasteiger partial charge on any atom is 0.322 e. The Balaban J connectivity index is 1.25. The molecule has 282 valence electrons. The van der Waals surface area contributed by atoms with Gasteiger partial charge in [0.2, 0.25) is 11.8 Å². The second-order valence-electron chi connectivity index (χ2n) is 18.7. The van der Waals surface area contributed by atoms with Crippen molar-refractivity contribution in [3.63, 3.8) is 0 Å². The molecule has 5 aliphatic rings. The highest BCUT2D eigenvalue weighted by atomic mass is 16.5. The molecule has 0 saturated heterocycles. The third-order valence-corrected chi connectivity index (χ3v) is 16.1. The van der Waals surface area contributed by atoms with E-state index in [4.69, 9.17) is 9.84 Å². The standard InChI is InChI=1S/C42H68N2O6/c1-27(2)29-17-22-42(37(49)43-25-13-11-9-10-12-14-34(46)44-26-35(47)48)24-23-40(7)30(36(29)42)15-16-32-39(6)20-19-33(50-28(3)45)38(4,5)31(39)18-21-41(32,40)8/h29-33,36H,1,9-26H2,2-8H3,(H,43,49)(H,44,46)(H,47,48)/t29-,30+,31-,32?,33-,36+,39-,40+,41+,42-/m0/s1. The largest absolute Gasteiger partial charge is 0.480 e. The predicted molar refractivity (Wildman–Crippen MR) is 196 cm³/mol. The Kier molecular flexibility index (Phi) is 11.3. The number of amides is 2. The fraction of sp³-hybridized carbons (Fsp3) is 0.857. The van der Waals surface area contributed by atoms with Gasteiger partial charge in [0, 0.05) is 25.3 Å². The van der Waals surface area contributed by atoms with E-state index in [9.17, 15) is 19.2 Å². The number of fused-ring (bicyclic) bond motifs is 7. The van der Waals surface area contributed by atoms with Gasteiger partial charge >= 0.3 is 11.9 Å². The Morgan fingerprint density at radius 3 is 2.14 bits per heavy atom. The highest BCUT2D eigenvalue weighted by Gasteiger charge is 2.72. The first-order valence-corrected chi connectivity index (χ1v) is 20.0. The molecule has 5 fully saturated rings. The van der Waals surface area contributed by atoms with E-state index in [0.717, 1.165) is 70.6 Å². The van der Waals surface area contributed by atoms with Crippen LogP contribution in [0.3, 0.4) is 0 Å². The van der Waals surface area contributed by atoms with Crippen molar-refractivity contribution in [3.8, 4) is 0 Å². The lowest BCUT2D eigenvalue weighted by molar-refractivity contribution is -0.248. The van der Waals surface area contributed by atoms with Crippen LogP contribution in [0.25, 0.3) is 0 Å². The normalized spacial score (nSPS) is 39.9. The minimum Gasteiger partial charge on any atom is -0.480 e. The van der Waals surface area contributed by atoms with Crippen LogP contribution in [0, 0.1) is 56.7 Å². The number of carboxylic acid groups (broad SMARTS) is 1. The molecule has 5 saturated carbocycles. The van der Waals surface area contributed by atoms with E-state index < -0.39 is 5.97 Å². The molecule has 5 aliphatic carbocycles. The number of aliphatic carboxylic acids is 1. The van der Waals surface area contributed by atoms with Crippen molar-refractivity contribution in [2.24, 2.45) is 56.7 Å². The lowest BCUT2D eigenvalue weighted by atomic mass is 9.32. The van der Waals surface area contributed by atoms with Crippen molar-refractivity contribution in [3.05, 3.63) is 12.2 Å². The van der Waals surface area contributed by atoms with E-state index in [0.29, 0.717) is 42.6 Å². The number of nitrogens with one attached hydrogen (secondary N) is 2. The van der Waals surface area contributed by atoms with E-state index in [1.54, 1.807) is 6.92 Å². The maximum atomic E-state index is 14.4. The van der Waals surface area contributed by atoms with E-state index in [1.165, 1.54) is 31.3 Å². The van der Waals surface area contributed by atoms with Gasteiger partial charge in [-0.2, -0.15) is 0 Å². The van der Waals surface area contributed by atoms with Crippen molar-refractivity contribution in [1.29, 1.82) is 0 Å². The second-order valence-corrected chi connectivity index (χ2v) is 18.7. The number of carbonyl (C=O) groups is 4. The Bertz CT molecular complexity index is 1330. The number of carbonyl (C=O) groups excluding carboxylic acids is 3. The summed E-state index contributed by atoms with van der Waals surface area (Å²) in [6.45, 7) is 21.2. The van der Waals surface area contributed by atoms with Crippen molar-refractivity contribution in [1.82, 2.24) is 10.6 Å². The summed E-state index contributed by atoms with van der Waals surface area (Å²) in [6, 6.07) is 0. The SMILES string of the molecule is C=C(C)[C@@H]1CC[C@]2(C(=O)NCCCCCCCC(=O)NCC(=O)O)CC[C@]3(C)[C@H](CCC4[C@@]5(C)CC[C@H](OC(C)=O)C(C)(C)[C@@H]5CC[C@]43C)[C@@H]12. The van der Waals surface area contributed by atoms with Gasteiger partial charge in [-0.15, -0.1) is 0 Å². The minimum atomic E-state index is -1.03. The van der Waals surface area contributed by atoms with E-state index in [1.807, 2.05) is 0 Å². The van der Waals surface area contributed by atoms with Crippen LogP contribution in [0.4, 0.5) is 0 Å². The zero-order valence-corrected chi connectivity index (χ0v) is 32.4. The minimum absolute atomic E-state index is 0.0111. The topological polar surface area (TPSA) is 122 Å². The fourth-order valence-electron chi connectivity index (χ4n) is 13.5. The van der Waals surface area contributed by atoms with E-state index in [2.05, 4.69) is 58.8 Å². The molecular weight excluding hydrogens is 628 g/mol. The Morgan fingerprint density at radius 1 is 0.760 bits per heavy atom.